The van der Waals surface area contributed by atoms with Crippen molar-refractivity contribution in [2.45, 2.75) is 46.0 Å². The quantitative estimate of drug-likeness (QED) is 0.575. The van der Waals surface area contributed by atoms with Gasteiger partial charge in [0.1, 0.15) is 0 Å². The molecule has 0 bridgehead atoms. The molecule has 0 radical (unpaired) electrons. The standard InChI is InChI=1S/C12H24N2O/c1-12(2,11-13)7-3-4-8-14-9-5-6-10-15/h14-15H,3-10H2,1-2H3. The normalized spacial score (nSPS) is 11.3. The second-order valence-corrected chi connectivity index (χ2v) is 4.63. The van der Waals surface area contributed by atoms with E-state index in [1.165, 1.54) is 0 Å². The van der Waals surface area contributed by atoms with Crippen molar-refractivity contribution >= 4 is 0 Å². The molecular weight excluding hydrogens is 188 g/mol. The number of aliphatic hydroxyl groups is 1. The predicted molar refractivity (Wildman–Crippen MR) is 62.4 cm³/mol. The lowest BCUT2D eigenvalue weighted by Gasteiger charge is -2.14. The lowest BCUT2D eigenvalue weighted by molar-refractivity contribution is 0.283. The van der Waals surface area contributed by atoms with Crippen molar-refractivity contribution < 1.29 is 5.11 Å². The van der Waals surface area contributed by atoms with E-state index in [0.717, 1.165) is 45.2 Å². The van der Waals surface area contributed by atoms with Crippen LogP contribution in [0.2, 0.25) is 0 Å². The molecular formula is C12H24N2O. The Morgan fingerprint density at radius 3 is 2.27 bits per heavy atom. The zero-order valence-electron chi connectivity index (χ0n) is 10.1. The average Bonchev–Trinajstić information content (AvgIpc) is 2.22. The van der Waals surface area contributed by atoms with E-state index < -0.39 is 0 Å². The summed E-state index contributed by atoms with van der Waals surface area (Å²) < 4.78 is 0. The van der Waals surface area contributed by atoms with Gasteiger partial charge in [0.25, 0.3) is 0 Å². The van der Waals surface area contributed by atoms with E-state index in [2.05, 4.69) is 11.4 Å². The third-order valence-corrected chi connectivity index (χ3v) is 2.47. The molecule has 0 aliphatic carbocycles. The fraction of sp³-hybridized carbons (Fsp3) is 0.917. The molecule has 15 heavy (non-hydrogen) atoms. The molecule has 2 N–H and O–H groups in total. The van der Waals surface area contributed by atoms with Gasteiger partial charge in [-0.05, 0) is 52.6 Å². The van der Waals surface area contributed by atoms with Crippen molar-refractivity contribution in [3.63, 3.8) is 0 Å². The molecule has 3 nitrogen and oxygen atoms in total. The molecule has 0 spiro atoms. The molecule has 0 unspecified atom stereocenters. The number of nitrogens with zero attached hydrogens (tertiary/aromatic N) is 1. The van der Waals surface area contributed by atoms with Crippen LogP contribution in [-0.2, 0) is 0 Å². The zero-order chi connectivity index (χ0) is 11.6. The minimum absolute atomic E-state index is 0.170. The zero-order valence-corrected chi connectivity index (χ0v) is 10.1. The molecule has 0 aromatic heterocycles. The number of hydrogen-bond acceptors (Lipinski definition) is 3. The van der Waals surface area contributed by atoms with E-state index in [1.807, 2.05) is 13.8 Å². The van der Waals surface area contributed by atoms with Gasteiger partial charge in [-0.15, -0.1) is 0 Å². The smallest absolute Gasteiger partial charge is 0.0683 e. The predicted octanol–water partition coefficient (Wildman–Crippen LogP) is 2.07. The minimum atomic E-state index is -0.170. The van der Waals surface area contributed by atoms with Crippen LogP contribution < -0.4 is 5.32 Å². The first kappa shape index (κ1) is 14.4. The Kier molecular flexibility index (Phi) is 8.35. The number of nitrogens with one attached hydrogen (secondary N) is 1. The first-order valence-corrected chi connectivity index (χ1v) is 5.85. The maximum atomic E-state index is 8.80. The Morgan fingerprint density at radius 2 is 1.73 bits per heavy atom. The molecule has 0 aliphatic rings. The second kappa shape index (κ2) is 8.70. The first-order valence-electron chi connectivity index (χ1n) is 5.85. The SMILES string of the molecule is CC(C)(C#N)CCCCNCCCCO. The monoisotopic (exact) mass is 212 g/mol. The summed E-state index contributed by atoms with van der Waals surface area (Å²) in [5.41, 5.74) is -0.170. The van der Waals surface area contributed by atoms with Crippen molar-refractivity contribution in [1.29, 1.82) is 5.26 Å². The minimum Gasteiger partial charge on any atom is -0.396 e. The van der Waals surface area contributed by atoms with Gasteiger partial charge in [-0.1, -0.05) is 6.42 Å². The fourth-order valence-electron chi connectivity index (χ4n) is 1.36. The highest BCUT2D eigenvalue weighted by molar-refractivity contribution is 4.91. The highest BCUT2D eigenvalue weighted by Gasteiger charge is 2.14. The number of nitriles is 1. The lowest BCUT2D eigenvalue weighted by Crippen LogP contribution is -2.17. The largest absolute Gasteiger partial charge is 0.396 e. The van der Waals surface area contributed by atoms with Gasteiger partial charge in [0.2, 0.25) is 0 Å². The van der Waals surface area contributed by atoms with Crippen LogP contribution in [0.3, 0.4) is 0 Å². The van der Waals surface area contributed by atoms with Crippen LogP contribution in [0.4, 0.5) is 0 Å². The van der Waals surface area contributed by atoms with E-state index in [4.69, 9.17) is 10.4 Å². The fourth-order valence-corrected chi connectivity index (χ4v) is 1.36. The molecule has 0 aromatic rings. The number of rotatable bonds is 9. The molecule has 0 aliphatic heterocycles. The van der Waals surface area contributed by atoms with E-state index >= 15 is 0 Å². The molecule has 0 rings (SSSR count). The molecule has 0 amide bonds. The summed E-state index contributed by atoms with van der Waals surface area (Å²) in [5, 5.41) is 20.7. The van der Waals surface area contributed by atoms with Gasteiger partial charge >= 0.3 is 0 Å². The highest BCUT2D eigenvalue weighted by atomic mass is 16.2. The molecule has 0 aromatic carbocycles. The van der Waals surface area contributed by atoms with Gasteiger partial charge in [0, 0.05) is 6.61 Å². The van der Waals surface area contributed by atoms with Crippen LogP contribution in [0.15, 0.2) is 0 Å². The average molecular weight is 212 g/mol. The van der Waals surface area contributed by atoms with Crippen LogP contribution in [0.5, 0.6) is 0 Å². The van der Waals surface area contributed by atoms with Gasteiger partial charge in [-0.3, -0.25) is 0 Å². The molecule has 0 fully saturated rings. The highest BCUT2D eigenvalue weighted by Crippen LogP contribution is 2.21. The van der Waals surface area contributed by atoms with Crippen molar-refractivity contribution in [1.82, 2.24) is 5.32 Å². The Balaban J connectivity index is 3.16. The van der Waals surface area contributed by atoms with Crippen molar-refractivity contribution in [2.75, 3.05) is 19.7 Å². The van der Waals surface area contributed by atoms with Crippen molar-refractivity contribution in [3.05, 3.63) is 0 Å². The van der Waals surface area contributed by atoms with Crippen LogP contribution >= 0.6 is 0 Å². The van der Waals surface area contributed by atoms with Crippen molar-refractivity contribution in [3.8, 4) is 6.07 Å². The maximum absolute atomic E-state index is 8.80. The lowest BCUT2D eigenvalue weighted by atomic mass is 9.89. The van der Waals surface area contributed by atoms with Crippen LogP contribution in [0.25, 0.3) is 0 Å². The number of aliphatic hydroxyl groups excluding tert-OH is 1. The van der Waals surface area contributed by atoms with Crippen LogP contribution in [-0.4, -0.2) is 24.8 Å². The Bertz CT molecular complexity index is 185. The van der Waals surface area contributed by atoms with Gasteiger partial charge in [-0.25, -0.2) is 0 Å². The topological polar surface area (TPSA) is 56.0 Å². The van der Waals surface area contributed by atoms with Crippen molar-refractivity contribution in [2.24, 2.45) is 5.41 Å². The molecule has 88 valence electrons. The Hall–Kier alpha value is -0.590. The summed E-state index contributed by atoms with van der Waals surface area (Å²) in [6, 6.07) is 2.31. The Morgan fingerprint density at radius 1 is 1.13 bits per heavy atom. The Labute approximate surface area is 93.5 Å². The van der Waals surface area contributed by atoms with E-state index in [9.17, 15) is 0 Å². The molecule has 0 saturated carbocycles. The van der Waals surface area contributed by atoms with Gasteiger partial charge in [-0.2, -0.15) is 5.26 Å². The third-order valence-electron chi connectivity index (χ3n) is 2.47. The summed E-state index contributed by atoms with van der Waals surface area (Å²) in [4.78, 5) is 0. The van der Waals surface area contributed by atoms with E-state index in [-0.39, 0.29) is 12.0 Å². The van der Waals surface area contributed by atoms with Crippen LogP contribution in [0.1, 0.15) is 46.0 Å². The van der Waals surface area contributed by atoms with Gasteiger partial charge in [0.05, 0.1) is 11.5 Å². The second-order valence-electron chi connectivity index (χ2n) is 4.63. The molecule has 3 heteroatoms. The van der Waals surface area contributed by atoms with E-state index in [1.54, 1.807) is 0 Å². The molecule has 0 atom stereocenters. The summed E-state index contributed by atoms with van der Waals surface area (Å²) in [6.45, 7) is 6.27. The summed E-state index contributed by atoms with van der Waals surface area (Å²) in [6.07, 6.45) is 5.13. The summed E-state index contributed by atoms with van der Waals surface area (Å²) >= 11 is 0. The number of unbranched alkanes of at least 4 members (excludes halogenated alkanes) is 2. The van der Waals surface area contributed by atoms with Gasteiger partial charge < -0.3 is 10.4 Å². The number of hydrogen-bond donors (Lipinski definition) is 2. The molecule has 0 heterocycles. The third kappa shape index (κ3) is 9.71. The first-order chi connectivity index (χ1) is 7.12. The summed E-state index contributed by atoms with van der Waals surface area (Å²) in [5.74, 6) is 0. The van der Waals surface area contributed by atoms with E-state index in [0.29, 0.717) is 0 Å². The molecule has 0 saturated heterocycles. The maximum Gasteiger partial charge on any atom is 0.0683 e. The van der Waals surface area contributed by atoms with Gasteiger partial charge in [0.15, 0.2) is 0 Å². The summed E-state index contributed by atoms with van der Waals surface area (Å²) in [7, 11) is 0. The van der Waals surface area contributed by atoms with Crippen LogP contribution in [0, 0.1) is 16.7 Å².